The quantitative estimate of drug-likeness (QED) is 0.574. The number of aryl methyl sites for hydroxylation is 1. The topological polar surface area (TPSA) is 78.5 Å². The minimum absolute atomic E-state index is 0.0941. The Hall–Kier alpha value is -3.62. The number of imide groups is 1. The van der Waals surface area contributed by atoms with Gasteiger partial charge in [-0.1, -0.05) is 37.3 Å². The van der Waals surface area contributed by atoms with Crippen molar-refractivity contribution >= 4 is 29.6 Å². The number of alkyl halides is 3. The van der Waals surface area contributed by atoms with Gasteiger partial charge in [0.2, 0.25) is 5.91 Å². The van der Waals surface area contributed by atoms with E-state index in [-0.39, 0.29) is 11.3 Å². The smallest absolute Gasteiger partial charge is 0.324 e. The average molecular weight is 417 g/mol. The van der Waals surface area contributed by atoms with Crippen molar-refractivity contribution in [1.29, 1.82) is 0 Å². The van der Waals surface area contributed by atoms with E-state index >= 15 is 0 Å². The van der Waals surface area contributed by atoms with Crippen LogP contribution in [0.4, 0.5) is 23.7 Å². The highest BCUT2D eigenvalue weighted by molar-refractivity contribution is 6.16. The van der Waals surface area contributed by atoms with E-state index in [0.29, 0.717) is 17.0 Å². The Morgan fingerprint density at radius 3 is 2.57 bits per heavy atom. The summed E-state index contributed by atoms with van der Waals surface area (Å²) in [5.41, 5.74) is 0.488. The highest BCUT2D eigenvalue weighted by Crippen LogP contribution is 2.30. The summed E-state index contributed by atoms with van der Waals surface area (Å²) in [6, 6.07) is 10.7. The van der Waals surface area contributed by atoms with Gasteiger partial charge >= 0.3 is 12.2 Å². The number of halogens is 3. The third kappa shape index (κ3) is 4.68. The molecule has 0 aliphatic carbocycles. The van der Waals surface area contributed by atoms with E-state index in [1.165, 1.54) is 12.1 Å². The molecule has 0 spiro atoms. The molecule has 1 aliphatic heterocycles. The molecule has 1 fully saturated rings. The van der Waals surface area contributed by atoms with Gasteiger partial charge in [0, 0.05) is 5.69 Å². The van der Waals surface area contributed by atoms with Gasteiger partial charge in [-0.05, 0) is 41.8 Å². The molecule has 0 atom stereocenters. The zero-order chi connectivity index (χ0) is 21.9. The normalized spacial score (nSPS) is 15.5. The molecule has 4 amide bonds. The Labute approximate surface area is 170 Å². The highest BCUT2D eigenvalue weighted by atomic mass is 19.4. The van der Waals surface area contributed by atoms with Crippen molar-refractivity contribution in [2.75, 3.05) is 11.9 Å². The number of amides is 4. The molecule has 156 valence electrons. The third-order valence-corrected chi connectivity index (χ3v) is 4.46. The van der Waals surface area contributed by atoms with E-state index in [4.69, 9.17) is 0 Å². The van der Waals surface area contributed by atoms with Gasteiger partial charge in [0.1, 0.15) is 12.2 Å². The lowest BCUT2D eigenvalue weighted by Gasteiger charge is -2.13. The number of nitrogens with one attached hydrogen (secondary N) is 2. The van der Waals surface area contributed by atoms with Crippen molar-refractivity contribution in [2.24, 2.45) is 0 Å². The molecule has 30 heavy (non-hydrogen) atoms. The van der Waals surface area contributed by atoms with E-state index in [2.05, 4.69) is 10.6 Å². The van der Waals surface area contributed by atoms with Crippen LogP contribution < -0.4 is 10.6 Å². The average Bonchev–Trinajstić information content (AvgIpc) is 2.95. The molecular formula is C21H18F3N3O3. The molecule has 2 N–H and O–H groups in total. The zero-order valence-electron chi connectivity index (χ0n) is 15.9. The molecule has 6 nitrogen and oxygen atoms in total. The fourth-order valence-electron chi connectivity index (χ4n) is 2.97. The predicted molar refractivity (Wildman–Crippen MR) is 104 cm³/mol. The molecular weight excluding hydrogens is 399 g/mol. The van der Waals surface area contributed by atoms with Crippen LogP contribution in [0.15, 0.2) is 54.2 Å². The van der Waals surface area contributed by atoms with Gasteiger partial charge in [0.05, 0.1) is 5.56 Å². The summed E-state index contributed by atoms with van der Waals surface area (Å²) in [5, 5.41) is 4.95. The second-order valence-corrected chi connectivity index (χ2v) is 6.56. The van der Waals surface area contributed by atoms with E-state index in [0.717, 1.165) is 23.8 Å². The van der Waals surface area contributed by atoms with Crippen LogP contribution in [0.5, 0.6) is 0 Å². The molecule has 3 rings (SSSR count). The molecule has 0 aromatic heterocycles. The molecule has 0 unspecified atom stereocenters. The second kappa shape index (κ2) is 8.40. The summed E-state index contributed by atoms with van der Waals surface area (Å²) >= 11 is 0. The lowest BCUT2D eigenvalue weighted by atomic mass is 10.1. The minimum Gasteiger partial charge on any atom is -0.324 e. The van der Waals surface area contributed by atoms with Gasteiger partial charge in [0.25, 0.3) is 5.91 Å². The molecule has 2 aromatic carbocycles. The largest absolute Gasteiger partial charge is 0.416 e. The summed E-state index contributed by atoms with van der Waals surface area (Å²) in [5.74, 6) is -1.36. The zero-order valence-corrected chi connectivity index (χ0v) is 15.9. The van der Waals surface area contributed by atoms with Crippen molar-refractivity contribution in [3.63, 3.8) is 0 Å². The van der Waals surface area contributed by atoms with Crippen LogP contribution in [0.3, 0.4) is 0 Å². The number of nitrogens with zero attached hydrogens (tertiary/aromatic N) is 1. The fourth-order valence-corrected chi connectivity index (χ4v) is 2.97. The van der Waals surface area contributed by atoms with Crippen LogP contribution >= 0.6 is 0 Å². The molecule has 1 aliphatic rings. The Bertz CT molecular complexity index is 1030. The molecule has 0 radical (unpaired) electrons. The Kier molecular flexibility index (Phi) is 5.91. The fraction of sp³-hybridized carbons (Fsp3) is 0.190. The molecule has 1 heterocycles. The minimum atomic E-state index is -4.53. The first kappa shape index (κ1) is 21.1. The molecule has 1 saturated heterocycles. The first-order chi connectivity index (χ1) is 14.2. The van der Waals surface area contributed by atoms with Crippen molar-refractivity contribution in [2.45, 2.75) is 19.5 Å². The van der Waals surface area contributed by atoms with Gasteiger partial charge < -0.3 is 10.6 Å². The second-order valence-electron chi connectivity index (χ2n) is 6.56. The van der Waals surface area contributed by atoms with Gasteiger partial charge in [-0.25, -0.2) is 9.69 Å². The maximum atomic E-state index is 12.8. The van der Waals surface area contributed by atoms with Gasteiger partial charge in [0.15, 0.2) is 0 Å². The van der Waals surface area contributed by atoms with Gasteiger partial charge in [-0.15, -0.1) is 0 Å². The van der Waals surface area contributed by atoms with Crippen LogP contribution in [0.2, 0.25) is 0 Å². The molecule has 0 bridgehead atoms. The van der Waals surface area contributed by atoms with Crippen molar-refractivity contribution < 1.29 is 27.6 Å². The van der Waals surface area contributed by atoms with Crippen LogP contribution in [0, 0.1) is 0 Å². The van der Waals surface area contributed by atoms with E-state index in [1.807, 2.05) is 19.1 Å². The van der Waals surface area contributed by atoms with E-state index < -0.39 is 36.1 Å². The summed E-state index contributed by atoms with van der Waals surface area (Å²) in [4.78, 5) is 37.6. The Morgan fingerprint density at radius 2 is 1.87 bits per heavy atom. The maximum absolute atomic E-state index is 12.8. The number of rotatable bonds is 5. The first-order valence-electron chi connectivity index (χ1n) is 9.08. The van der Waals surface area contributed by atoms with Gasteiger partial charge in [-0.3, -0.25) is 9.59 Å². The molecule has 0 saturated carbocycles. The SMILES string of the molecule is CCc1ccccc1NC(=O)CN1C(=O)N/C(=C/c2cccc(C(F)(F)F)c2)C1=O. The number of carbonyl (C=O) groups excluding carboxylic acids is 3. The molecule has 2 aromatic rings. The number of carbonyl (C=O) groups is 3. The van der Waals surface area contributed by atoms with Crippen LogP contribution in [-0.4, -0.2) is 29.3 Å². The number of urea groups is 1. The molecule has 9 heteroatoms. The van der Waals surface area contributed by atoms with E-state index in [9.17, 15) is 27.6 Å². The van der Waals surface area contributed by atoms with Gasteiger partial charge in [-0.2, -0.15) is 13.2 Å². The number of anilines is 1. The summed E-state index contributed by atoms with van der Waals surface area (Å²) in [6.45, 7) is 1.40. The Morgan fingerprint density at radius 1 is 1.13 bits per heavy atom. The number of benzene rings is 2. The highest BCUT2D eigenvalue weighted by Gasteiger charge is 2.35. The summed E-state index contributed by atoms with van der Waals surface area (Å²) in [6.07, 6.45) is -2.71. The van der Waals surface area contributed by atoms with Crippen molar-refractivity contribution in [3.8, 4) is 0 Å². The van der Waals surface area contributed by atoms with Crippen molar-refractivity contribution in [3.05, 3.63) is 70.9 Å². The summed E-state index contributed by atoms with van der Waals surface area (Å²) < 4.78 is 38.5. The third-order valence-electron chi connectivity index (χ3n) is 4.46. The van der Waals surface area contributed by atoms with Crippen LogP contribution in [-0.2, 0) is 22.2 Å². The monoisotopic (exact) mass is 417 g/mol. The first-order valence-corrected chi connectivity index (χ1v) is 9.08. The maximum Gasteiger partial charge on any atom is 0.416 e. The predicted octanol–water partition coefficient (Wildman–Crippen LogP) is 3.80. The number of hydrogen-bond acceptors (Lipinski definition) is 3. The lowest BCUT2D eigenvalue weighted by Crippen LogP contribution is -2.38. The Balaban J connectivity index is 1.73. The van der Waals surface area contributed by atoms with E-state index in [1.54, 1.807) is 12.1 Å². The van der Waals surface area contributed by atoms with Crippen LogP contribution in [0.1, 0.15) is 23.6 Å². The van der Waals surface area contributed by atoms with Crippen molar-refractivity contribution in [1.82, 2.24) is 10.2 Å². The van der Waals surface area contributed by atoms with Crippen LogP contribution in [0.25, 0.3) is 6.08 Å². The number of hydrogen-bond donors (Lipinski definition) is 2. The summed E-state index contributed by atoms with van der Waals surface area (Å²) in [7, 11) is 0. The lowest BCUT2D eigenvalue weighted by molar-refractivity contribution is -0.137. The number of para-hydroxylation sites is 1. The standard InChI is InChI=1S/C21H18F3N3O3/c1-2-14-7-3-4-9-16(14)25-18(28)12-27-19(29)17(26-20(27)30)11-13-6-5-8-15(10-13)21(22,23)24/h3-11H,2,12H2,1H3,(H,25,28)(H,26,30)/b17-11+.